The van der Waals surface area contributed by atoms with Crippen LogP contribution in [0.4, 0.5) is 0 Å². The molecular weight excluding hydrogens is 176 g/mol. The summed E-state index contributed by atoms with van der Waals surface area (Å²) in [7, 11) is 4.24. The number of nitrogens with one attached hydrogen (secondary N) is 1. The summed E-state index contributed by atoms with van der Waals surface area (Å²) in [5.41, 5.74) is 0.324. The van der Waals surface area contributed by atoms with E-state index in [9.17, 15) is 0 Å². The summed E-state index contributed by atoms with van der Waals surface area (Å²) in [5, 5.41) is 3.65. The third-order valence-corrected chi connectivity index (χ3v) is 2.93. The van der Waals surface area contributed by atoms with Crippen molar-refractivity contribution in [2.24, 2.45) is 0 Å². The lowest BCUT2D eigenvalue weighted by Gasteiger charge is -2.34. The molecule has 1 aliphatic heterocycles. The van der Waals surface area contributed by atoms with Crippen LogP contribution < -0.4 is 5.32 Å². The minimum atomic E-state index is 0.324. The summed E-state index contributed by atoms with van der Waals surface area (Å²) in [5.74, 6) is 0. The Labute approximate surface area is 87.8 Å². The highest BCUT2D eigenvalue weighted by molar-refractivity contribution is 4.85. The van der Waals surface area contributed by atoms with Gasteiger partial charge in [-0.3, -0.25) is 0 Å². The molecule has 1 rings (SSSR count). The van der Waals surface area contributed by atoms with Crippen LogP contribution in [-0.2, 0) is 4.74 Å². The molecule has 0 saturated carbocycles. The van der Waals surface area contributed by atoms with Gasteiger partial charge in [0.1, 0.15) is 0 Å². The van der Waals surface area contributed by atoms with Crippen molar-refractivity contribution < 1.29 is 4.74 Å². The van der Waals surface area contributed by atoms with Crippen LogP contribution in [0.5, 0.6) is 0 Å². The Hall–Kier alpha value is -0.120. The summed E-state index contributed by atoms with van der Waals surface area (Å²) in [4.78, 5) is 2.23. The van der Waals surface area contributed by atoms with E-state index in [-0.39, 0.29) is 0 Å². The number of hydrogen-bond donors (Lipinski definition) is 1. The molecule has 0 aliphatic carbocycles. The predicted octanol–water partition coefficient (Wildman–Crippen LogP) is 1.10. The lowest BCUT2D eigenvalue weighted by molar-refractivity contribution is 0.0452. The fourth-order valence-electron chi connectivity index (χ4n) is 1.78. The molecule has 0 radical (unpaired) electrons. The van der Waals surface area contributed by atoms with Gasteiger partial charge in [0.05, 0.1) is 0 Å². The minimum absolute atomic E-state index is 0.324. The van der Waals surface area contributed by atoms with Crippen LogP contribution in [0.15, 0.2) is 0 Å². The van der Waals surface area contributed by atoms with E-state index in [4.69, 9.17) is 4.74 Å². The first-order valence-corrected chi connectivity index (χ1v) is 5.60. The molecular formula is C11H24N2O. The molecule has 1 fully saturated rings. The Morgan fingerprint density at radius 2 is 1.93 bits per heavy atom. The Balaban J connectivity index is 2.09. The Morgan fingerprint density at radius 3 is 2.50 bits per heavy atom. The molecule has 1 aliphatic rings. The first-order valence-electron chi connectivity index (χ1n) is 5.60. The van der Waals surface area contributed by atoms with Crippen LogP contribution in [0.1, 0.15) is 26.2 Å². The summed E-state index contributed by atoms with van der Waals surface area (Å²) in [6, 6.07) is 0. The van der Waals surface area contributed by atoms with Gasteiger partial charge in [-0.2, -0.15) is 0 Å². The maximum Gasteiger partial charge on any atom is 0.0483 e. The van der Waals surface area contributed by atoms with E-state index in [1.54, 1.807) is 0 Å². The topological polar surface area (TPSA) is 24.5 Å². The summed E-state index contributed by atoms with van der Waals surface area (Å²) in [6.45, 7) is 6.42. The van der Waals surface area contributed by atoms with E-state index in [0.29, 0.717) is 5.54 Å². The highest BCUT2D eigenvalue weighted by atomic mass is 16.5. The number of rotatable bonds is 5. The van der Waals surface area contributed by atoms with Gasteiger partial charge < -0.3 is 15.0 Å². The lowest BCUT2D eigenvalue weighted by atomic mass is 9.92. The van der Waals surface area contributed by atoms with Crippen molar-refractivity contribution in [3.8, 4) is 0 Å². The van der Waals surface area contributed by atoms with Gasteiger partial charge in [-0.05, 0) is 53.4 Å². The van der Waals surface area contributed by atoms with Gasteiger partial charge in [0.15, 0.2) is 0 Å². The normalized spacial score (nSPS) is 21.4. The second kappa shape index (κ2) is 5.69. The van der Waals surface area contributed by atoms with Crippen LogP contribution in [0.25, 0.3) is 0 Å². The lowest BCUT2D eigenvalue weighted by Crippen LogP contribution is -2.47. The molecule has 0 amide bonds. The molecule has 3 heteroatoms. The standard InChI is InChI=1S/C11H24N2O/c1-11(5-9-14-10-6-11)12-7-4-8-13(2)3/h12H,4-10H2,1-3H3. The molecule has 0 aromatic rings. The van der Waals surface area contributed by atoms with Crippen LogP contribution in [-0.4, -0.2) is 50.8 Å². The molecule has 0 aromatic carbocycles. The summed E-state index contributed by atoms with van der Waals surface area (Å²) < 4.78 is 5.36. The van der Waals surface area contributed by atoms with E-state index in [2.05, 4.69) is 31.2 Å². The Kier molecular flexibility index (Phi) is 4.85. The van der Waals surface area contributed by atoms with Gasteiger partial charge in [-0.25, -0.2) is 0 Å². The highest BCUT2D eigenvalue weighted by Gasteiger charge is 2.25. The van der Waals surface area contributed by atoms with Crippen molar-refractivity contribution in [3.05, 3.63) is 0 Å². The van der Waals surface area contributed by atoms with Crippen molar-refractivity contribution in [1.29, 1.82) is 0 Å². The van der Waals surface area contributed by atoms with Crippen molar-refractivity contribution in [3.63, 3.8) is 0 Å². The number of nitrogens with zero attached hydrogens (tertiary/aromatic N) is 1. The summed E-state index contributed by atoms with van der Waals surface area (Å²) >= 11 is 0. The maximum atomic E-state index is 5.36. The number of ether oxygens (including phenoxy) is 1. The highest BCUT2D eigenvalue weighted by Crippen LogP contribution is 2.19. The second-order valence-corrected chi connectivity index (χ2v) is 4.76. The molecule has 84 valence electrons. The van der Waals surface area contributed by atoms with Gasteiger partial charge in [-0.1, -0.05) is 0 Å². The zero-order valence-corrected chi connectivity index (χ0v) is 9.81. The monoisotopic (exact) mass is 200 g/mol. The third-order valence-electron chi connectivity index (χ3n) is 2.93. The van der Waals surface area contributed by atoms with Gasteiger partial charge >= 0.3 is 0 Å². The van der Waals surface area contributed by atoms with Crippen molar-refractivity contribution in [2.75, 3.05) is 40.4 Å². The van der Waals surface area contributed by atoms with E-state index in [1.807, 2.05) is 0 Å². The largest absolute Gasteiger partial charge is 0.381 e. The van der Waals surface area contributed by atoms with Crippen molar-refractivity contribution >= 4 is 0 Å². The molecule has 0 bridgehead atoms. The molecule has 0 aromatic heterocycles. The molecule has 3 nitrogen and oxygen atoms in total. The maximum absolute atomic E-state index is 5.36. The zero-order chi connectivity index (χ0) is 10.4. The van der Waals surface area contributed by atoms with Crippen LogP contribution in [0.3, 0.4) is 0 Å². The van der Waals surface area contributed by atoms with Crippen molar-refractivity contribution in [1.82, 2.24) is 10.2 Å². The van der Waals surface area contributed by atoms with E-state index < -0.39 is 0 Å². The minimum Gasteiger partial charge on any atom is -0.381 e. The zero-order valence-electron chi connectivity index (χ0n) is 9.81. The van der Waals surface area contributed by atoms with E-state index >= 15 is 0 Å². The molecule has 14 heavy (non-hydrogen) atoms. The molecule has 1 heterocycles. The first kappa shape index (κ1) is 12.0. The van der Waals surface area contributed by atoms with Gasteiger partial charge in [-0.15, -0.1) is 0 Å². The quantitative estimate of drug-likeness (QED) is 0.673. The third kappa shape index (κ3) is 4.40. The molecule has 0 atom stereocenters. The average Bonchev–Trinajstić information content (AvgIpc) is 2.14. The molecule has 0 unspecified atom stereocenters. The van der Waals surface area contributed by atoms with E-state index in [0.717, 1.165) is 32.6 Å². The van der Waals surface area contributed by atoms with Gasteiger partial charge in [0, 0.05) is 18.8 Å². The first-order chi connectivity index (χ1) is 6.62. The Morgan fingerprint density at radius 1 is 1.29 bits per heavy atom. The predicted molar refractivity (Wildman–Crippen MR) is 59.6 cm³/mol. The van der Waals surface area contributed by atoms with E-state index in [1.165, 1.54) is 13.0 Å². The van der Waals surface area contributed by atoms with Crippen LogP contribution in [0.2, 0.25) is 0 Å². The summed E-state index contributed by atoms with van der Waals surface area (Å²) in [6.07, 6.45) is 3.52. The van der Waals surface area contributed by atoms with Crippen molar-refractivity contribution in [2.45, 2.75) is 31.7 Å². The smallest absolute Gasteiger partial charge is 0.0483 e. The van der Waals surface area contributed by atoms with Gasteiger partial charge in [0.2, 0.25) is 0 Å². The van der Waals surface area contributed by atoms with Crippen LogP contribution in [0, 0.1) is 0 Å². The Bertz CT molecular complexity index is 153. The second-order valence-electron chi connectivity index (χ2n) is 4.76. The molecule has 0 spiro atoms. The molecule has 1 N–H and O–H groups in total. The molecule has 1 saturated heterocycles. The number of hydrogen-bond acceptors (Lipinski definition) is 3. The fourth-order valence-corrected chi connectivity index (χ4v) is 1.78. The van der Waals surface area contributed by atoms with Crippen LogP contribution >= 0.6 is 0 Å². The van der Waals surface area contributed by atoms with Gasteiger partial charge in [0.25, 0.3) is 0 Å². The SMILES string of the molecule is CN(C)CCCNC1(C)CCOCC1. The average molecular weight is 200 g/mol. The fraction of sp³-hybridized carbons (Fsp3) is 1.00.